The van der Waals surface area contributed by atoms with Gasteiger partial charge in [0, 0.05) is 29.2 Å². The Morgan fingerprint density at radius 2 is 0.795 bits per heavy atom. The summed E-state index contributed by atoms with van der Waals surface area (Å²) in [4.78, 5) is 0. The van der Waals surface area contributed by atoms with Crippen LogP contribution in [0.1, 0.15) is 168 Å². The van der Waals surface area contributed by atoms with Gasteiger partial charge in [-0.05, 0) is 159 Å². The largest absolute Gasteiger partial charge is 0.507 e. The van der Waals surface area contributed by atoms with Gasteiger partial charge in [0.05, 0.1) is 50.8 Å². The van der Waals surface area contributed by atoms with E-state index in [-0.39, 0.29) is 57.2 Å². The minimum atomic E-state index is -0.0712. The minimum absolute atomic E-state index is 0.0218. The predicted molar refractivity (Wildman–Crippen MR) is 313 cm³/mol. The van der Waals surface area contributed by atoms with Crippen molar-refractivity contribution in [3.05, 3.63) is 117 Å². The fourth-order valence-electron chi connectivity index (χ4n) is 14.1. The maximum Gasteiger partial charge on any atom is 0.231 e. The number of phenols is 1. The van der Waals surface area contributed by atoms with Crippen molar-refractivity contribution < 1.29 is 66.7 Å². The second kappa shape index (κ2) is 24.9. The summed E-state index contributed by atoms with van der Waals surface area (Å²) in [5.41, 5.74) is 8.72. The summed E-state index contributed by atoms with van der Waals surface area (Å²) in [6.45, 7) is 21.8. The van der Waals surface area contributed by atoms with E-state index in [0.29, 0.717) is 55.8 Å². The molecule has 1 N–H and O–H groups in total. The van der Waals surface area contributed by atoms with Crippen molar-refractivity contribution >= 4 is 0 Å². The molecular weight excluding hydrogens is 1050 g/mol. The predicted octanol–water partition coefficient (Wildman–Crippen LogP) is 15.3. The number of rotatable bonds is 16. The van der Waals surface area contributed by atoms with E-state index >= 15 is 0 Å². The van der Waals surface area contributed by atoms with Crippen LogP contribution in [0.3, 0.4) is 0 Å². The van der Waals surface area contributed by atoms with Gasteiger partial charge in [0.15, 0.2) is 46.0 Å². The van der Waals surface area contributed by atoms with Crippen molar-refractivity contribution in [2.45, 2.75) is 156 Å². The molecule has 0 unspecified atom stereocenters. The lowest BCUT2D eigenvalue weighted by Gasteiger charge is -2.38. The number of aromatic hydroxyl groups is 1. The van der Waals surface area contributed by atoms with Gasteiger partial charge < -0.3 is 66.7 Å². The normalized spacial score (nSPS) is 26.8. The van der Waals surface area contributed by atoms with E-state index in [1.807, 2.05) is 62.4 Å². The second-order valence-corrected chi connectivity index (χ2v) is 25.6. The van der Waals surface area contributed by atoms with E-state index in [1.165, 1.54) is 56.9 Å². The number of ether oxygens (including phenoxy) is 13. The zero-order valence-electron chi connectivity index (χ0n) is 50.0. The van der Waals surface area contributed by atoms with Crippen molar-refractivity contribution in [2.24, 2.45) is 41.4 Å². The highest BCUT2D eigenvalue weighted by atomic mass is 16.7. The molecule has 14 heteroatoms. The maximum absolute atomic E-state index is 10.4. The average molecular weight is 1140 g/mol. The summed E-state index contributed by atoms with van der Waals surface area (Å²) < 4.78 is 75.0. The summed E-state index contributed by atoms with van der Waals surface area (Å²) in [5.74, 6) is 11.7. The minimum Gasteiger partial charge on any atom is -0.507 e. The van der Waals surface area contributed by atoms with E-state index < -0.39 is 0 Å². The van der Waals surface area contributed by atoms with Crippen molar-refractivity contribution in [2.75, 3.05) is 53.6 Å². The molecule has 11 atom stereocenters. The van der Waals surface area contributed by atoms with E-state index in [0.717, 1.165) is 128 Å². The highest BCUT2D eigenvalue weighted by molar-refractivity contribution is 5.58. The van der Waals surface area contributed by atoms with E-state index in [1.54, 1.807) is 0 Å². The Morgan fingerprint density at radius 1 is 0.446 bits per heavy atom. The molecule has 446 valence electrons. The molecule has 9 aliphatic rings. The van der Waals surface area contributed by atoms with E-state index in [9.17, 15) is 5.11 Å². The molecule has 0 saturated carbocycles. The van der Waals surface area contributed by atoms with E-state index in [4.69, 9.17) is 61.6 Å². The molecule has 5 aromatic rings. The average Bonchev–Trinajstić information content (AvgIpc) is 4.54. The summed E-state index contributed by atoms with van der Waals surface area (Å²) in [6.07, 6.45) is 14.1. The third-order valence-corrected chi connectivity index (χ3v) is 19.3. The lowest BCUT2D eigenvalue weighted by atomic mass is 9.84. The van der Waals surface area contributed by atoms with Gasteiger partial charge in [-0.1, -0.05) is 96.9 Å². The number of hydrogen-bond donors (Lipinski definition) is 1. The molecule has 9 heterocycles. The monoisotopic (exact) mass is 1140 g/mol. The van der Waals surface area contributed by atoms with Crippen LogP contribution in [-0.2, 0) is 25.4 Å². The Morgan fingerprint density at radius 3 is 1.17 bits per heavy atom. The van der Waals surface area contributed by atoms with Gasteiger partial charge in [0.25, 0.3) is 0 Å². The third-order valence-electron chi connectivity index (χ3n) is 19.3. The van der Waals surface area contributed by atoms with Crippen molar-refractivity contribution in [1.82, 2.24) is 0 Å². The molecule has 0 radical (unpaired) electrons. The highest BCUT2D eigenvalue weighted by Crippen LogP contribution is 2.54. The molecule has 9 aliphatic heterocycles. The maximum atomic E-state index is 10.4. The SMILES string of the molecule is Cc1c(C)c2c(c(C)c1O)CC[C@@](C)(CCC[C@H](C)CCC[C@H](C)CCCC(C)C)O2.c1cc2c(cc1[C@H]1OC[C@H]3[C@@H]1CO[C@@H]3c1ccc3c(c1)OCO3)OCO2.c1cc2c(cc1[C@H]1OC[C@H]3[C@@H]1CO[C@H]3c1ccc3c(c1)OCO3)OCO2. The molecule has 0 spiro atoms. The first-order valence-electron chi connectivity index (χ1n) is 30.8. The zero-order chi connectivity index (χ0) is 57.4. The lowest BCUT2D eigenvalue weighted by Crippen LogP contribution is -2.37. The summed E-state index contributed by atoms with van der Waals surface area (Å²) in [7, 11) is 0. The van der Waals surface area contributed by atoms with Crippen LogP contribution in [0.4, 0.5) is 0 Å². The van der Waals surface area contributed by atoms with E-state index in [2.05, 4.69) is 65.8 Å². The molecule has 0 aliphatic carbocycles. The zero-order valence-corrected chi connectivity index (χ0v) is 50.0. The van der Waals surface area contributed by atoms with Crippen LogP contribution in [0.2, 0.25) is 0 Å². The first-order valence-corrected chi connectivity index (χ1v) is 30.8. The van der Waals surface area contributed by atoms with Crippen LogP contribution in [0.15, 0.2) is 72.8 Å². The molecule has 5 aromatic carbocycles. The van der Waals surface area contributed by atoms with Gasteiger partial charge in [-0.3, -0.25) is 0 Å². The van der Waals surface area contributed by atoms with Crippen LogP contribution in [0.5, 0.6) is 57.5 Å². The van der Waals surface area contributed by atoms with Crippen molar-refractivity contribution in [1.29, 1.82) is 0 Å². The molecule has 14 nitrogen and oxygen atoms in total. The van der Waals surface area contributed by atoms with Crippen molar-refractivity contribution in [3.8, 4) is 57.5 Å². The molecular formula is C69H86O14. The van der Waals surface area contributed by atoms with Crippen LogP contribution in [0, 0.1) is 62.2 Å². The summed E-state index contributed by atoms with van der Waals surface area (Å²) in [5, 5.41) is 10.4. The van der Waals surface area contributed by atoms with Gasteiger partial charge in [-0.2, -0.15) is 0 Å². The number of phenolic OH excluding ortho intramolecular Hbond substituents is 1. The number of benzene rings is 5. The molecule has 4 saturated heterocycles. The number of hydrogen-bond acceptors (Lipinski definition) is 14. The molecule has 0 aromatic heterocycles. The topological polar surface area (TPSA) is 140 Å². The van der Waals surface area contributed by atoms with Crippen molar-refractivity contribution in [3.63, 3.8) is 0 Å². The Hall–Kier alpha value is -6.06. The van der Waals surface area contributed by atoms with Crippen LogP contribution in [-0.4, -0.2) is 64.3 Å². The Labute approximate surface area is 490 Å². The third kappa shape index (κ3) is 12.3. The second-order valence-electron chi connectivity index (χ2n) is 25.6. The fourth-order valence-corrected chi connectivity index (χ4v) is 14.1. The smallest absolute Gasteiger partial charge is 0.231 e. The molecule has 14 rings (SSSR count). The molecule has 0 amide bonds. The van der Waals surface area contributed by atoms with Gasteiger partial charge in [0.1, 0.15) is 17.1 Å². The van der Waals surface area contributed by atoms with Crippen LogP contribution >= 0.6 is 0 Å². The first kappa shape index (κ1) is 57.4. The van der Waals surface area contributed by atoms with Gasteiger partial charge in [0.2, 0.25) is 27.2 Å². The Kier molecular flexibility index (Phi) is 17.2. The van der Waals surface area contributed by atoms with Crippen LogP contribution in [0.25, 0.3) is 0 Å². The van der Waals surface area contributed by atoms with Gasteiger partial charge in [-0.25, -0.2) is 0 Å². The molecule has 83 heavy (non-hydrogen) atoms. The quantitative estimate of drug-likeness (QED) is 0.100. The fraction of sp³-hybridized carbons (Fsp3) is 0.565. The molecule has 4 fully saturated rings. The highest BCUT2D eigenvalue weighted by Gasteiger charge is 2.50. The summed E-state index contributed by atoms with van der Waals surface area (Å²) in [6, 6.07) is 24.2. The van der Waals surface area contributed by atoms with Gasteiger partial charge in [-0.15, -0.1) is 0 Å². The van der Waals surface area contributed by atoms with Gasteiger partial charge >= 0.3 is 0 Å². The standard InChI is InChI=1S/C29H50O2.2C20H18O6/c1-20(2)12-9-13-21(3)14-10-15-22(4)16-11-18-29(8)19-17-26-25(7)27(30)23(5)24(6)28(26)31-29;2*1-3-15-17(25-9-23-15)5-11(1)19-13-7-22-20(14(13)8-21-19)12-2-4-16-18(6-12)26-10-24-16/h20-22,30H,9-19H2,1-8H3;2*1-6,13-14,19-20H,7-10H2/t21-,22-,29-;13-,14-,19+,20+;13-,14-,19-,20+/m100/s1. The number of fused-ring (bicyclic) bond motifs is 7. The first-order chi connectivity index (χ1) is 40.3. The lowest BCUT2D eigenvalue weighted by molar-refractivity contribution is 0.0190. The van der Waals surface area contributed by atoms with Crippen LogP contribution < -0.4 is 42.6 Å². The Balaban J connectivity index is 0.000000123. The Bertz CT molecular complexity index is 2800. The summed E-state index contributed by atoms with van der Waals surface area (Å²) >= 11 is 0. The molecule has 0 bridgehead atoms.